The molecule has 1 atom stereocenters. The van der Waals surface area contributed by atoms with Crippen molar-refractivity contribution in [3.05, 3.63) is 41.6 Å². The van der Waals surface area contributed by atoms with Gasteiger partial charge in [0.2, 0.25) is 0 Å². The van der Waals surface area contributed by atoms with E-state index in [2.05, 4.69) is 19.1 Å². The van der Waals surface area contributed by atoms with Crippen LogP contribution in [0.3, 0.4) is 0 Å². The van der Waals surface area contributed by atoms with Crippen molar-refractivity contribution in [3.8, 4) is 0 Å². The van der Waals surface area contributed by atoms with Crippen molar-refractivity contribution >= 4 is 10.9 Å². The number of benzene rings is 1. The van der Waals surface area contributed by atoms with Gasteiger partial charge in [-0.15, -0.1) is 0 Å². The van der Waals surface area contributed by atoms with E-state index in [0.717, 1.165) is 16.6 Å². The molecule has 0 spiro atoms. The van der Waals surface area contributed by atoms with E-state index in [1.165, 1.54) is 5.56 Å². The smallest absolute Gasteiger partial charge is 0.123 e. The zero-order valence-electron chi connectivity index (χ0n) is 17.1. The lowest BCUT2D eigenvalue weighted by Crippen LogP contribution is -2.19. The van der Waals surface area contributed by atoms with Crippen molar-refractivity contribution in [1.29, 1.82) is 0 Å². The molecule has 1 saturated heterocycles. The number of nitrogens with zero attached hydrogens (tertiary/aromatic N) is 1. The number of fused-ring (bicyclic) bond motifs is 1. The Balaban J connectivity index is 1.61. The predicted octanol–water partition coefficient (Wildman–Crippen LogP) is 2.70. The lowest BCUT2D eigenvalue weighted by molar-refractivity contribution is -0.0627. The van der Waals surface area contributed by atoms with Gasteiger partial charge in [-0.25, -0.2) is 4.98 Å². The highest BCUT2D eigenvalue weighted by atomic mass is 16.6. The van der Waals surface area contributed by atoms with E-state index in [9.17, 15) is 0 Å². The summed E-state index contributed by atoms with van der Waals surface area (Å²) >= 11 is 0. The number of rotatable bonds is 1. The average Bonchev–Trinajstić information content (AvgIpc) is 2.73. The summed E-state index contributed by atoms with van der Waals surface area (Å²) in [6.07, 6.45) is -0.264. The Labute approximate surface area is 172 Å². The molecule has 0 aliphatic carbocycles. The second-order valence-corrected chi connectivity index (χ2v) is 6.77. The molecule has 1 unspecified atom stereocenters. The van der Waals surface area contributed by atoms with Gasteiger partial charge in [0, 0.05) is 5.39 Å². The second-order valence-electron chi connectivity index (χ2n) is 6.77. The topological polar surface area (TPSA) is 68.3 Å². The molecule has 0 N–H and O–H groups in total. The highest BCUT2D eigenvalue weighted by Gasteiger charge is 2.16. The van der Waals surface area contributed by atoms with Crippen molar-refractivity contribution in [2.75, 3.05) is 72.7 Å². The van der Waals surface area contributed by atoms with Gasteiger partial charge < -0.3 is 28.4 Å². The standard InChI is InChI=1S/C22H31NO6/c1-18-16-21(23-20-5-3-2-4-19(18)20)22-17-28-13-12-26-9-8-24-6-7-25-10-11-27-14-15-29-22/h2-5,16,22H,6-15,17H2,1H3. The Morgan fingerprint density at radius 2 is 1.28 bits per heavy atom. The summed E-state index contributed by atoms with van der Waals surface area (Å²) in [6.45, 7) is 7.73. The third kappa shape index (κ3) is 7.62. The lowest BCUT2D eigenvalue weighted by atomic mass is 10.1. The monoisotopic (exact) mass is 405 g/mol. The van der Waals surface area contributed by atoms with E-state index < -0.39 is 0 Å². The summed E-state index contributed by atoms with van der Waals surface area (Å²) in [5, 5.41) is 1.15. The summed E-state index contributed by atoms with van der Waals surface area (Å²) in [5.41, 5.74) is 3.00. The molecule has 2 heterocycles. The molecule has 0 amide bonds. The van der Waals surface area contributed by atoms with Gasteiger partial charge in [0.15, 0.2) is 0 Å². The van der Waals surface area contributed by atoms with E-state index in [-0.39, 0.29) is 6.10 Å². The molecule has 1 aliphatic rings. The van der Waals surface area contributed by atoms with E-state index in [0.29, 0.717) is 72.7 Å². The van der Waals surface area contributed by atoms with Crippen LogP contribution in [0.5, 0.6) is 0 Å². The Morgan fingerprint density at radius 3 is 1.93 bits per heavy atom. The summed E-state index contributed by atoms with van der Waals surface area (Å²) in [4.78, 5) is 4.80. The van der Waals surface area contributed by atoms with Crippen LogP contribution in [0, 0.1) is 6.92 Å². The molecule has 2 aromatic rings. The van der Waals surface area contributed by atoms with Gasteiger partial charge in [-0.3, -0.25) is 0 Å². The fourth-order valence-electron chi connectivity index (χ4n) is 3.08. The van der Waals surface area contributed by atoms with Gasteiger partial charge in [-0.1, -0.05) is 18.2 Å². The van der Waals surface area contributed by atoms with Crippen LogP contribution in [0.25, 0.3) is 10.9 Å². The van der Waals surface area contributed by atoms with Gasteiger partial charge in [-0.05, 0) is 24.6 Å². The molecule has 1 fully saturated rings. The number of ether oxygens (including phenoxy) is 6. The van der Waals surface area contributed by atoms with Gasteiger partial charge >= 0.3 is 0 Å². The molecular formula is C22H31NO6. The normalized spacial score (nSPS) is 22.0. The summed E-state index contributed by atoms with van der Waals surface area (Å²) in [7, 11) is 0. The minimum absolute atomic E-state index is 0.264. The number of aromatic nitrogens is 1. The summed E-state index contributed by atoms with van der Waals surface area (Å²) < 4.78 is 33.9. The maximum atomic E-state index is 6.06. The van der Waals surface area contributed by atoms with Gasteiger partial charge in [-0.2, -0.15) is 0 Å². The fraction of sp³-hybridized carbons (Fsp3) is 0.591. The quantitative estimate of drug-likeness (QED) is 0.723. The van der Waals surface area contributed by atoms with Crippen molar-refractivity contribution in [1.82, 2.24) is 4.98 Å². The van der Waals surface area contributed by atoms with Crippen LogP contribution in [0.1, 0.15) is 17.4 Å². The first kappa shape index (κ1) is 22.1. The lowest BCUT2D eigenvalue weighted by Gasteiger charge is -2.19. The molecule has 0 bridgehead atoms. The SMILES string of the molecule is Cc1cc(C2COCCOCCOCCOCCOCCO2)nc2ccccc12. The largest absolute Gasteiger partial charge is 0.377 e. The maximum absolute atomic E-state index is 6.06. The molecule has 7 nitrogen and oxygen atoms in total. The summed E-state index contributed by atoms with van der Waals surface area (Å²) in [6, 6.07) is 10.2. The van der Waals surface area contributed by atoms with Crippen LogP contribution >= 0.6 is 0 Å². The Kier molecular flexibility index (Phi) is 9.78. The molecular weight excluding hydrogens is 374 g/mol. The van der Waals surface area contributed by atoms with Crippen LogP contribution in [0.15, 0.2) is 30.3 Å². The molecule has 0 saturated carbocycles. The summed E-state index contributed by atoms with van der Waals surface area (Å²) in [5.74, 6) is 0. The number of para-hydroxylation sites is 1. The number of hydrogen-bond acceptors (Lipinski definition) is 7. The fourth-order valence-corrected chi connectivity index (χ4v) is 3.08. The van der Waals surface area contributed by atoms with E-state index in [1.807, 2.05) is 18.2 Å². The van der Waals surface area contributed by atoms with Gasteiger partial charge in [0.05, 0.1) is 83.9 Å². The predicted molar refractivity (Wildman–Crippen MR) is 109 cm³/mol. The van der Waals surface area contributed by atoms with Crippen molar-refractivity contribution in [2.45, 2.75) is 13.0 Å². The van der Waals surface area contributed by atoms with Crippen molar-refractivity contribution < 1.29 is 28.4 Å². The molecule has 1 aromatic carbocycles. The zero-order chi connectivity index (χ0) is 20.2. The molecule has 160 valence electrons. The second kappa shape index (κ2) is 12.8. The van der Waals surface area contributed by atoms with Crippen LogP contribution in [0.4, 0.5) is 0 Å². The van der Waals surface area contributed by atoms with E-state index in [4.69, 9.17) is 33.4 Å². The number of hydrogen-bond donors (Lipinski definition) is 0. The first-order valence-corrected chi connectivity index (χ1v) is 10.2. The van der Waals surface area contributed by atoms with Crippen LogP contribution in [0.2, 0.25) is 0 Å². The average molecular weight is 405 g/mol. The van der Waals surface area contributed by atoms with Gasteiger partial charge in [0.25, 0.3) is 0 Å². The van der Waals surface area contributed by atoms with Crippen LogP contribution in [-0.4, -0.2) is 77.7 Å². The first-order valence-electron chi connectivity index (χ1n) is 10.2. The van der Waals surface area contributed by atoms with Crippen LogP contribution < -0.4 is 0 Å². The van der Waals surface area contributed by atoms with E-state index in [1.54, 1.807) is 0 Å². The molecule has 29 heavy (non-hydrogen) atoms. The molecule has 1 aliphatic heterocycles. The molecule has 7 heteroatoms. The van der Waals surface area contributed by atoms with Crippen molar-refractivity contribution in [2.24, 2.45) is 0 Å². The maximum Gasteiger partial charge on any atom is 0.123 e. The minimum Gasteiger partial charge on any atom is -0.377 e. The third-order valence-electron chi connectivity index (χ3n) is 4.58. The molecule has 3 rings (SSSR count). The number of pyridine rings is 1. The van der Waals surface area contributed by atoms with Crippen LogP contribution in [-0.2, 0) is 28.4 Å². The van der Waals surface area contributed by atoms with E-state index >= 15 is 0 Å². The highest BCUT2D eigenvalue weighted by Crippen LogP contribution is 2.23. The Morgan fingerprint density at radius 1 is 0.724 bits per heavy atom. The Bertz CT molecular complexity index is 708. The van der Waals surface area contributed by atoms with Crippen molar-refractivity contribution in [3.63, 3.8) is 0 Å². The minimum atomic E-state index is -0.264. The molecule has 0 radical (unpaired) electrons. The third-order valence-corrected chi connectivity index (χ3v) is 4.58. The zero-order valence-corrected chi connectivity index (χ0v) is 17.1. The Hall–Kier alpha value is -1.61. The number of aryl methyl sites for hydroxylation is 1. The van der Waals surface area contributed by atoms with Gasteiger partial charge in [0.1, 0.15) is 6.10 Å². The molecule has 1 aromatic heterocycles. The first-order chi connectivity index (χ1) is 14.3. The highest BCUT2D eigenvalue weighted by molar-refractivity contribution is 5.82.